The van der Waals surface area contributed by atoms with Gasteiger partial charge in [-0.1, -0.05) is 53.2 Å². The van der Waals surface area contributed by atoms with Crippen LogP contribution < -0.4 is 5.32 Å². The van der Waals surface area contributed by atoms with Gasteiger partial charge < -0.3 is 5.32 Å². The van der Waals surface area contributed by atoms with Crippen LogP contribution in [-0.2, 0) is 4.79 Å². The molecule has 0 saturated heterocycles. The minimum Gasteiger partial charge on any atom is -0.325 e. The van der Waals surface area contributed by atoms with Crippen LogP contribution in [0.1, 0.15) is 5.56 Å². The molecular formula is C23H18ClFN4OS. The molecule has 0 unspecified atom stereocenters. The Morgan fingerprint density at radius 1 is 1.00 bits per heavy atom. The van der Waals surface area contributed by atoms with E-state index in [1.807, 2.05) is 47.9 Å². The summed E-state index contributed by atoms with van der Waals surface area (Å²) in [7, 11) is 0. The van der Waals surface area contributed by atoms with Crippen molar-refractivity contribution in [1.82, 2.24) is 14.8 Å². The lowest BCUT2D eigenvalue weighted by Crippen LogP contribution is -2.14. The van der Waals surface area contributed by atoms with Crippen molar-refractivity contribution in [2.75, 3.05) is 11.1 Å². The summed E-state index contributed by atoms with van der Waals surface area (Å²) in [5.74, 6) is 0.215. The minimum absolute atomic E-state index is 0.122. The van der Waals surface area contributed by atoms with Crippen molar-refractivity contribution >= 4 is 35.0 Å². The van der Waals surface area contributed by atoms with Gasteiger partial charge >= 0.3 is 0 Å². The smallest absolute Gasteiger partial charge is 0.234 e. The van der Waals surface area contributed by atoms with Gasteiger partial charge in [-0.05, 0) is 55.5 Å². The number of thioether (sulfide) groups is 1. The van der Waals surface area contributed by atoms with Gasteiger partial charge in [-0.25, -0.2) is 4.39 Å². The summed E-state index contributed by atoms with van der Waals surface area (Å²) < 4.78 is 14.9. The lowest BCUT2D eigenvalue weighted by molar-refractivity contribution is -0.113. The van der Waals surface area contributed by atoms with Crippen LogP contribution in [0.5, 0.6) is 0 Å². The van der Waals surface area contributed by atoms with Crippen molar-refractivity contribution in [3.63, 3.8) is 0 Å². The van der Waals surface area contributed by atoms with E-state index in [1.54, 1.807) is 12.1 Å². The molecule has 4 rings (SSSR count). The average molecular weight is 453 g/mol. The number of nitrogens with one attached hydrogen (secondary N) is 1. The summed E-state index contributed by atoms with van der Waals surface area (Å²) in [6, 6.07) is 21.0. The van der Waals surface area contributed by atoms with Crippen molar-refractivity contribution in [1.29, 1.82) is 0 Å². The molecule has 0 aliphatic rings. The third kappa shape index (κ3) is 5.13. The number of hydrogen-bond donors (Lipinski definition) is 1. The number of nitrogens with zero attached hydrogens (tertiary/aromatic N) is 3. The summed E-state index contributed by atoms with van der Waals surface area (Å²) >= 11 is 7.32. The van der Waals surface area contributed by atoms with E-state index in [0.29, 0.717) is 21.7 Å². The molecule has 3 aromatic carbocycles. The second-order valence-electron chi connectivity index (χ2n) is 6.83. The molecular weight excluding hydrogens is 435 g/mol. The molecule has 0 fully saturated rings. The van der Waals surface area contributed by atoms with E-state index in [9.17, 15) is 9.18 Å². The summed E-state index contributed by atoms with van der Waals surface area (Å²) in [6.07, 6.45) is 0. The second kappa shape index (κ2) is 9.32. The van der Waals surface area contributed by atoms with Crippen LogP contribution in [0.3, 0.4) is 0 Å². The number of aryl methyl sites for hydroxylation is 1. The van der Waals surface area contributed by atoms with E-state index >= 15 is 0 Å². The van der Waals surface area contributed by atoms with Gasteiger partial charge in [0, 0.05) is 22.0 Å². The highest BCUT2D eigenvalue weighted by Gasteiger charge is 2.17. The molecule has 0 bridgehead atoms. The topological polar surface area (TPSA) is 59.8 Å². The summed E-state index contributed by atoms with van der Waals surface area (Å²) in [4.78, 5) is 12.4. The fourth-order valence-corrected chi connectivity index (χ4v) is 3.81. The van der Waals surface area contributed by atoms with Crippen LogP contribution in [0.15, 0.2) is 78.0 Å². The standard InChI is InChI=1S/C23H18ClFN4OS/c1-15-2-4-16(5-3-15)22-27-28-23(29(22)20-12-6-17(24)7-13-20)31-14-21(30)26-19-10-8-18(25)9-11-19/h2-13H,14H2,1H3,(H,26,30). The molecule has 1 N–H and O–H groups in total. The van der Waals surface area contributed by atoms with Gasteiger partial charge in [0.25, 0.3) is 0 Å². The molecule has 0 saturated carbocycles. The maximum absolute atomic E-state index is 13.0. The zero-order valence-corrected chi connectivity index (χ0v) is 18.1. The molecule has 5 nitrogen and oxygen atoms in total. The Bertz CT molecular complexity index is 1190. The number of rotatable bonds is 6. The highest BCUT2D eigenvalue weighted by molar-refractivity contribution is 7.99. The maximum Gasteiger partial charge on any atom is 0.234 e. The van der Waals surface area contributed by atoms with E-state index in [2.05, 4.69) is 15.5 Å². The molecule has 0 aliphatic carbocycles. The molecule has 4 aromatic rings. The van der Waals surface area contributed by atoms with Crippen LogP contribution >= 0.6 is 23.4 Å². The molecule has 0 aliphatic heterocycles. The summed E-state index contributed by atoms with van der Waals surface area (Å²) in [5, 5.41) is 12.6. The Morgan fingerprint density at radius 2 is 1.68 bits per heavy atom. The minimum atomic E-state index is -0.355. The largest absolute Gasteiger partial charge is 0.325 e. The van der Waals surface area contributed by atoms with Crippen LogP contribution in [-0.4, -0.2) is 26.4 Å². The molecule has 0 spiro atoms. The number of benzene rings is 3. The first-order valence-corrected chi connectivity index (χ1v) is 10.8. The van der Waals surface area contributed by atoms with Crippen molar-refractivity contribution in [2.45, 2.75) is 12.1 Å². The monoisotopic (exact) mass is 452 g/mol. The average Bonchev–Trinajstić information content (AvgIpc) is 3.19. The van der Waals surface area contributed by atoms with Crippen LogP contribution in [0.2, 0.25) is 5.02 Å². The summed E-state index contributed by atoms with van der Waals surface area (Å²) in [5.41, 5.74) is 3.43. The summed E-state index contributed by atoms with van der Waals surface area (Å²) in [6.45, 7) is 2.02. The molecule has 31 heavy (non-hydrogen) atoms. The van der Waals surface area contributed by atoms with Gasteiger partial charge in [-0.2, -0.15) is 0 Å². The predicted molar refractivity (Wildman–Crippen MR) is 122 cm³/mol. The first kappa shape index (κ1) is 21.1. The van der Waals surface area contributed by atoms with Gasteiger partial charge in [0.2, 0.25) is 5.91 Å². The predicted octanol–water partition coefficient (Wildman–Crippen LogP) is 5.77. The molecule has 1 heterocycles. The van der Waals surface area contributed by atoms with E-state index in [1.165, 1.54) is 36.0 Å². The zero-order valence-electron chi connectivity index (χ0n) is 16.5. The Labute approximate surface area is 188 Å². The van der Waals surface area contributed by atoms with E-state index < -0.39 is 0 Å². The molecule has 156 valence electrons. The fourth-order valence-electron chi connectivity index (χ4n) is 2.94. The number of hydrogen-bond acceptors (Lipinski definition) is 4. The van der Waals surface area contributed by atoms with Crippen LogP contribution in [0.4, 0.5) is 10.1 Å². The zero-order chi connectivity index (χ0) is 21.8. The number of carbonyl (C=O) groups is 1. The number of carbonyl (C=O) groups excluding carboxylic acids is 1. The van der Waals surface area contributed by atoms with Crippen LogP contribution in [0, 0.1) is 12.7 Å². The molecule has 0 atom stereocenters. The molecule has 8 heteroatoms. The number of halogens is 2. The Balaban J connectivity index is 1.59. The SMILES string of the molecule is Cc1ccc(-c2nnc(SCC(=O)Nc3ccc(F)cc3)n2-c2ccc(Cl)cc2)cc1. The Hall–Kier alpha value is -3.16. The van der Waals surface area contributed by atoms with Crippen molar-refractivity contribution in [2.24, 2.45) is 0 Å². The number of aromatic nitrogens is 3. The van der Waals surface area contributed by atoms with Gasteiger partial charge in [0.05, 0.1) is 5.75 Å². The number of amides is 1. The lowest BCUT2D eigenvalue weighted by atomic mass is 10.1. The van der Waals surface area contributed by atoms with Crippen LogP contribution in [0.25, 0.3) is 17.1 Å². The van der Waals surface area contributed by atoms with Gasteiger partial charge in [-0.15, -0.1) is 10.2 Å². The third-order valence-electron chi connectivity index (χ3n) is 4.49. The first-order valence-electron chi connectivity index (χ1n) is 9.46. The van der Waals surface area contributed by atoms with Crippen molar-refractivity contribution in [3.8, 4) is 17.1 Å². The van der Waals surface area contributed by atoms with E-state index in [-0.39, 0.29) is 17.5 Å². The molecule has 1 aromatic heterocycles. The van der Waals surface area contributed by atoms with Gasteiger partial charge in [0.15, 0.2) is 11.0 Å². The highest BCUT2D eigenvalue weighted by atomic mass is 35.5. The quantitative estimate of drug-likeness (QED) is 0.377. The van der Waals surface area contributed by atoms with Crippen molar-refractivity contribution < 1.29 is 9.18 Å². The lowest BCUT2D eigenvalue weighted by Gasteiger charge is -2.11. The third-order valence-corrected chi connectivity index (χ3v) is 5.67. The highest BCUT2D eigenvalue weighted by Crippen LogP contribution is 2.29. The van der Waals surface area contributed by atoms with E-state index in [0.717, 1.165) is 16.8 Å². The first-order chi connectivity index (χ1) is 15.0. The van der Waals surface area contributed by atoms with Gasteiger partial charge in [0.1, 0.15) is 5.82 Å². The Morgan fingerprint density at radius 3 is 2.35 bits per heavy atom. The Kier molecular flexibility index (Phi) is 6.34. The molecule has 0 radical (unpaired) electrons. The maximum atomic E-state index is 13.0. The fraction of sp³-hybridized carbons (Fsp3) is 0.0870. The molecule has 1 amide bonds. The normalized spacial score (nSPS) is 10.8. The number of anilines is 1. The van der Waals surface area contributed by atoms with Crippen molar-refractivity contribution in [3.05, 3.63) is 89.2 Å². The van der Waals surface area contributed by atoms with Gasteiger partial charge in [-0.3, -0.25) is 9.36 Å². The second-order valence-corrected chi connectivity index (χ2v) is 8.21. The van der Waals surface area contributed by atoms with E-state index in [4.69, 9.17) is 11.6 Å².